The van der Waals surface area contributed by atoms with Crippen LogP contribution in [0, 0.1) is 5.82 Å². The van der Waals surface area contributed by atoms with Crippen molar-refractivity contribution in [2.24, 2.45) is 0 Å². The van der Waals surface area contributed by atoms with Gasteiger partial charge in [-0.3, -0.25) is 0 Å². The first-order valence-electron chi connectivity index (χ1n) is 10.6. The number of urea groups is 1. The Hall–Kier alpha value is -2.76. The van der Waals surface area contributed by atoms with Gasteiger partial charge in [0.15, 0.2) is 0 Å². The highest BCUT2D eigenvalue weighted by molar-refractivity contribution is 5.89. The van der Waals surface area contributed by atoms with E-state index in [0.717, 1.165) is 56.1 Å². The van der Waals surface area contributed by atoms with Gasteiger partial charge in [-0.2, -0.15) is 0 Å². The number of carbonyl (C=O) groups is 1. The van der Waals surface area contributed by atoms with E-state index < -0.39 is 0 Å². The molecule has 0 bridgehead atoms. The lowest BCUT2D eigenvalue weighted by atomic mass is 9.96. The molecule has 1 heterocycles. The van der Waals surface area contributed by atoms with Crippen molar-refractivity contribution in [3.05, 3.63) is 54.3 Å². The molecule has 1 aliphatic carbocycles. The van der Waals surface area contributed by atoms with Crippen LogP contribution in [0.1, 0.15) is 32.1 Å². The van der Waals surface area contributed by atoms with E-state index in [9.17, 15) is 9.18 Å². The van der Waals surface area contributed by atoms with Crippen LogP contribution in [0.2, 0.25) is 0 Å². The molecule has 29 heavy (non-hydrogen) atoms. The van der Waals surface area contributed by atoms with E-state index in [1.54, 1.807) is 0 Å². The Kier molecular flexibility index (Phi) is 6.17. The van der Waals surface area contributed by atoms with Gasteiger partial charge in [-0.15, -0.1) is 0 Å². The maximum absolute atomic E-state index is 13.1. The van der Waals surface area contributed by atoms with Gasteiger partial charge in [-0.25, -0.2) is 9.18 Å². The number of piperazine rings is 1. The number of amides is 2. The molecule has 2 aromatic rings. The third kappa shape index (κ3) is 5.19. The average Bonchev–Trinajstić information content (AvgIpc) is 2.76. The molecule has 0 spiro atoms. The summed E-state index contributed by atoms with van der Waals surface area (Å²) in [5.41, 5.74) is 3.03. The molecule has 5 nitrogen and oxygen atoms in total. The number of carbonyl (C=O) groups excluding carboxylic acids is 1. The second kappa shape index (κ2) is 9.16. The number of rotatable bonds is 4. The lowest BCUT2D eigenvalue weighted by Gasteiger charge is -2.37. The zero-order chi connectivity index (χ0) is 20.1. The molecule has 6 heteroatoms. The Bertz CT molecular complexity index is 795. The molecule has 1 aliphatic heterocycles. The zero-order valence-electron chi connectivity index (χ0n) is 16.7. The largest absolute Gasteiger partial charge is 0.368 e. The van der Waals surface area contributed by atoms with Crippen LogP contribution in [0.15, 0.2) is 48.5 Å². The topological polar surface area (TPSA) is 47.6 Å². The van der Waals surface area contributed by atoms with Crippen molar-refractivity contribution in [3.63, 3.8) is 0 Å². The van der Waals surface area contributed by atoms with Crippen LogP contribution < -0.4 is 20.4 Å². The van der Waals surface area contributed by atoms with Gasteiger partial charge in [0.1, 0.15) is 5.82 Å². The van der Waals surface area contributed by atoms with Crippen molar-refractivity contribution in [2.45, 2.75) is 38.1 Å². The molecule has 154 valence electrons. The highest BCUT2D eigenvalue weighted by atomic mass is 19.1. The van der Waals surface area contributed by atoms with Crippen molar-refractivity contribution in [1.29, 1.82) is 0 Å². The van der Waals surface area contributed by atoms with Gasteiger partial charge in [0, 0.05) is 49.3 Å². The molecular weight excluding hydrogens is 367 g/mol. The molecule has 2 aliphatic rings. The normalized spacial score (nSPS) is 17.8. The van der Waals surface area contributed by atoms with Crippen LogP contribution in [0.25, 0.3) is 0 Å². The van der Waals surface area contributed by atoms with E-state index in [2.05, 4.69) is 32.6 Å². The maximum Gasteiger partial charge on any atom is 0.319 e. The third-order valence-corrected chi connectivity index (χ3v) is 5.90. The minimum Gasteiger partial charge on any atom is -0.368 e. The van der Waals surface area contributed by atoms with E-state index in [1.807, 2.05) is 24.3 Å². The molecule has 0 aromatic heterocycles. The van der Waals surface area contributed by atoms with Gasteiger partial charge in [-0.1, -0.05) is 19.3 Å². The lowest BCUT2D eigenvalue weighted by molar-refractivity contribution is 0.244. The van der Waals surface area contributed by atoms with Gasteiger partial charge in [0.25, 0.3) is 0 Å². The van der Waals surface area contributed by atoms with E-state index >= 15 is 0 Å². The van der Waals surface area contributed by atoms with Crippen LogP contribution in [-0.4, -0.2) is 38.3 Å². The number of nitrogens with zero attached hydrogens (tertiary/aromatic N) is 2. The quantitative estimate of drug-likeness (QED) is 0.794. The van der Waals surface area contributed by atoms with Crippen LogP contribution in [0.5, 0.6) is 0 Å². The summed E-state index contributed by atoms with van der Waals surface area (Å²) in [4.78, 5) is 16.8. The molecule has 0 atom stereocenters. The van der Waals surface area contributed by atoms with Crippen molar-refractivity contribution in [1.82, 2.24) is 5.32 Å². The molecule has 2 amide bonds. The van der Waals surface area contributed by atoms with E-state index in [1.165, 1.54) is 31.4 Å². The number of benzene rings is 2. The first kappa shape index (κ1) is 19.6. The number of hydrogen-bond donors (Lipinski definition) is 2. The summed E-state index contributed by atoms with van der Waals surface area (Å²) in [7, 11) is 0. The molecule has 2 fully saturated rings. The summed E-state index contributed by atoms with van der Waals surface area (Å²) < 4.78 is 13.1. The minimum atomic E-state index is -0.200. The van der Waals surface area contributed by atoms with Crippen molar-refractivity contribution < 1.29 is 9.18 Å². The second-order valence-corrected chi connectivity index (χ2v) is 7.93. The van der Waals surface area contributed by atoms with Crippen molar-refractivity contribution in [3.8, 4) is 0 Å². The molecule has 2 N–H and O–H groups in total. The van der Waals surface area contributed by atoms with Crippen molar-refractivity contribution >= 4 is 23.1 Å². The fourth-order valence-electron chi connectivity index (χ4n) is 4.23. The number of halogens is 1. The Balaban J connectivity index is 1.27. The van der Waals surface area contributed by atoms with Crippen LogP contribution >= 0.6 is 0 Å². The van der Waals surface area contributed by atoms with E-state index in [4.69, 9.17) is 0 Å². The van der Waals surface area contributed by atoms with Gasteiger partial charge >= 0.3 is 6.03 Å². The summed E-state index contributed by atoms with van der Waals surface area (Å²) in [6.07, 6.45) is 5.84. The number of nitrogens with one attached hydrogen (secondary N) is 2. The molecule has 1 saturated heterocycles. The third-order valence-electron chi connectivity index (χ3n) is 5.90. The van der Waals surface area contributed by atoms with Gasteiger partial charge in [-0.05, 0) is 61.4 Å². The summed E-state index contributed by atoms with van der Waals surface area (Å²) >= 11 is 0. The predicted molar refractivity (Wildman–Crippen MR) is 116 cm³/mol. The molecule has 1 saturated carbocycles. The Morgan fingerprint density at radius 1 is 0.793 bits per heavy atom. The zero-order valence-corrected chi connectivity index (χ0v) is 16.7. The molecule has 2 aromatic carbocycles. The highest BCUT2D eigenvalue weighted by Gasteiger charge is 2.18. The van der Waals surface area contributed by atoms with Gasteiger partial charge in [0.05, 0.1) is 0 Å². The minimum absolute atomic E-state index is 0.113. The van der Waals surface area contributed by atoms with Crippen molar-refractivity contribution in [2.75, 3.05) is 41.3 Å². The molecule has 0 unspecified atom stereocenters. The summed E-state index contributed by atoms with van der Waals surface area (Å²) in [6, 6.07) is 14.9. The monoisotopic (exact) mass is 396 g/mol. The summed E-state index contributed by atoms with van der Waals surface area (Å²) in [6.45, 7) is 3.61. The number of hydrogen-bond acceptors (Lipinski definition) is 3. The lowest BCUT2D eigenvalue weighted by Crippen LogP contribution is -2.46. The fraction of sp³-hybridized carbons (Fsp3) is 0.435. The van der Waals surface area contributed by atoms with Crippen LogP contribution in [-0.2, 0) is 0 Å². The van der Waals surface area contributed by atoms with Gasteiger partial charge in [0.2, 0.25) is 0 Å². The Morgan fingerprint density at radius 3 is 1.86 bits per heavy atom. The van der Waals surface area contributed by atoms with Crippen LogP contribution in [0.3, 0.4) is 0 Å². The maximum atomic E-state index is 13.1. The summed E-state index contributed by atoms with van der Waals surface area (Å²) in [5.74, 6) is -0.200. The molecule has 4 rings (SSSR count). The second-order valence-electron chi connectivity index (χ2n) is 7.93. The average molecular weight is 397 g/mol. The number of anilines is 3. The Labute approximate surface area is 171 Å². The molecular formula is C23H29FN4O. The smallest absolute Gasteiger partial charge is 0.319 e. The molecule has 0 radical (unpaired) electrons. The standard InChI is InChI=1S/C23H29FN4O/c24-18-6-10-21(11-7-18)27-14-16-28(17-15-27)22-12-8-20(9-13-22)26-23(29)25-19-4-2-1-3-5-19/h6-13,19H,1-5,14-17H2,(H2,25,26,29). The van der Waals surface area contributed by atoms with E-state index in [-0.39, 0.29) is 11.8 Å². The van der Waals surface area contributed by atoms with Crippen LogP contribution in [0.4, 0.5) is 26.2 Å². The first-order valence-corrected chi connectivity index (χ1v) is 10.6. The highest BCUT2D eigenvalue weighted by Crippen LogP contribution is 2.23. The summed E-state index contributed by atoms with van der Waals surface area (Å²) in [5, 5.41) is 6.02. The Morgan fingerprint density at radius 2 is 1.31 bits per heavy atom. The van der Waals surface area contributed by atoms with Gasteiger partial charge < -0.3 is 20.4 Å². The predicted octanol–water partition coefficient (Wildman–Crippen LogP) is 4.61. The van der Waals surface area contributed by atoms with E-state index in [0.29, 0.717) is 6.04 Å². The SMILES string of the molecule is O=C(Nc1ccc(N2CCN(c3ccc(F)cc3)CC2)cc1)NC1CCCCC1. The fourth-order valence-corrected chi connectivity index (χ4v) is 4.23. The first-order chi connectivity index (χ1) is 14.2.